The van der Waals surface area contributed by atoms with Gasteiger partial charge in [-0.2, -0.15) is 0 Å². The lowest BCUT2D eigenvalue weighted by molar-refractivity contribution is -0.318. The van der Waals surface area contributed by atoms with Crippen molar-refractivity contribution in [1.29, 1.82) is 0 Å². The van der Waals surface area contributed by atoms with Crippen LogP contribution in [-0.4, -0.2) is 116 Å². The molecule has 43 heavy (non-hydrogen) atoms. The van der Waals surface area contributed by atoms with Crippen molar-refractivity contribution in [1.82, 2.24) is 0 Å². The highest BCUT2D eigenvalue weighted by Crippen LogP contribution is 2.38. The molecule has 0 radical (unpaired) electrons. The summed E-state index contributed by atoms with van der Waals surface area (Å²) >= 11 is 0. The van der Waals surface area contributed by atoms with Gasteiger partial charge in [0.15, 0.2) is 12.1 Å². The van der Waals surface area contributed by atoms with Crippen LogP contribution in [0.4, 0.5) is 0 Å². The second-order valence-electron chi connectivity index (χ2n) is 10.3. The van der Waals surface area contributed by atoms with E-state index < -0.39 is 84.9 Å². The highest BCUT2D eigenvalue weighted by molar-refractivity contribution is 5.88. The molecule has 5 unspecified atom stereocenters. The largest absolute Gasteiger partial charge is 0.508 e. The van der Waals surface area contributed by atoms with Gasteiger partial charge < -0.3 is 69.0 Å². The van der Waals surface area contributed by atoms with Crippen LogP contribution in [0.2, 0.25) is 0 Å². The second-order valence-corrected chi connectivity index (χ2v) is 10.3. The average molecular weight is 609 g/mol. The van der Waals surface area contributed by atoms with Crippen molar-refractivity contribution >= 4 is 11.0 Å². The van der Waals surface area contributed by atoms with E-state index in [0.29, 0.717) is 0 Å². The molecule has 15 nitrogen and oxygen atoms in total. The van der Waals surface area contributed by atoms with E-state index in [2.05, 4.69) is 0 Å². The fourth-order valence-corrected chi connectivity index (χ4v) is 4.89. The van der Waals surface area contributed by atoms with Gasteiger partial charge in [0, 0.05) is 17.7 Å². The van der Waals surface area contributed by atoms with Crippen LogP contribution >= 0.6 is 0 Å². The first kappa shape index (κ1) is 30.9. The van der Waals surface area contributed by atoms with Crippen molar-refractivity contribution in [2.24, 2.45) is 0 Å². The van der Waals surface area contributed by atoms with Gasteiger partial charge in [-0.1, -0.05) is 0 Å². The van der Waals surface area contributed by atoms with Gasteiger partial charge in [-0.05, 0) is 31.2 Å². The van der Waals surface area contributed by atoms with Crippen molar-refractivity contribution in [3.63, 3.8) is 0 Å². The van der Waals surface area contributed by atoms with Gasteiger partial charge >= 0.3 is 0 Å². The van der Waals surface area contributed by atoms with Crippen LogP contribution in [0.25, 0.3) is 22.3 Å². The summed E-state index contributed by atoms with van der Waals surface area (Å²) < 4.78 is 33.4. The van der Waals surface area contributed by atoms with E-state index in [4.69, 9.17) is 28.1 Å². The van der Waals surface area contributed by atoms with Crippen molar-refractivity contribution in [2.45, 2.75) is 68.3 Å². The summed E-state index contributed by atoms with van der Waals surface area (Å²) in [7, 11) is 1.35. The highest BCUT2D eigenvalue weighted by atomic mass is 16.7. The minimum absolute atomic E-state index is 0.0725. The number of ether oxygens (including phenoxy) is 5. The lowest BCUT2D eigenvalue weighted by atomic mass is 9.98. The van der Waals surface area contributed by atoms with Crippen LogP contribution in [0.3, 0.4) is 0 Å². The number of aromatic hydroxyl groups is 2. The maximum absolute atomic E-state index is 13.7. The van der Waals surface area contributed by atoms with E-state index in [0.717, 1.165) is 0 Å². The number of aliphatic hydroxyl groups is 6. The molecule has 5 rings (SSSR count). The van der Waals surface area contributed by atoms with E-state index in [1.54, 1.807) is 0 Å². The Morgan fingerprint density at radius 3 is 2.14 bits per heavy atom. The molecular formula is C28H32O15. The molecule has 2 aromatic carbocycles. The molecule has 2 fully saturated rings. The van der Waals surface area contributed by atoms with Gasteiger partial charge in [0.1, 0.15) is 70.9 Å². The van der Waals surface area contributed by atoms with Gasteiger partial charge in [0.2, 0.25) is 17.5 Å². The van der Waals surface area contributed by atoms with Crippen LogP contribution in [0.5, 0.6) is 23.0 Å². The molecule has 10 atom stereocenters. The van der Waals surface area contributed by atoms with Gasteiger partial charge in [0.25, 0.3) is 0 Å². The molecule has 8 N–H and O–H groups in total. The van der Waals surface area contributed by atoms with E-state index in [9.17, 15) is 45.6 Å². The number of methoxy groups -OCH3 is 1. The topological polar surface area (TPSA) is 238 Å². The average Bonchev–Trinajstić information content (AvgIpc) is 2.99. The van der Waals surface area contributed by atoms with Gasteiger partial charge in [0.05, 0.1) is 19.8 Å². The quantitative estimate of drug-likeness (QED) is 0.159. The van der Waals surface area contributed by atoms with Gasteiger partial charge in [-0.15, -0.1) is 0 Å². The summed E-state index contributed by atoms with van der Waals surface area (Å²) in [5.74, 6) is -1.11. The molecule has 3 aromatic rings. The standard InChI is InChI=1S/C28H32O15/c1-10-18(31)21(34)23(36)27(40-10)39-9-16-19(32)22(35)24(37)28(42-16)43-26-20(33)17-14(30)7-13(38-2)8-15(17)41-25(26)11-3-5-12(29)6-4-11/h3-8,10,16,18-19,21-24,27-32,34-37H,9H2,1-2H3/t10?,16?,18-,19+,21-,22?,23?,24?,27+,28-/m0/s1. The highest BCUT2D eigenvalue weighted by Gasteiger charge is 2.47. The molecule has 2 saturated heterocycles. The van der Waals surface area contributed by atoms with Crippen molar-refractivity contribution < 1.29 is 69.0 Å². The third-order valence-corrected chi connectivity index (χ3v) is 7.41. The zero-order valence-electron chi connectivity index (χ0n) is 22.9. The summed E-state index contributed by atoms with van der Waals surface area (Å²) in [5, 5.41) is 82.0. The Bertz CT molecular complexity index is 1490. The summed E-state index contributed by atoms with van der Waals surface area (Å²) in [5.41, 5.74) is -0.705. The van der Waals surface area contributed by atoms with E-state index in [-0.39, 0.29) is 33.8 Å². The zero-order valence-corrected chi connectivity index (χ0v) is 22.9. The number of hydrogen-bond acceptors (Lipinski definition) is 15. The van der Waals surface area contributed by atoms with Crippen LogP contribution in [-0.2, 0) is 14.2 Å². The molecule has 0 bridgehead atoms. The number of rotatable bonds is 7. The Kier molecular flexibility index (Phi) is 8.80. The van der Waals surface area contributed by atoms with E-state index in [1.165, 1.54) is 50.4 Å². The summed E-state index contributed by atoms with van der Waals surface area (Å²) in [6, 6.07) is 8.03. The smallest absolute Gasteiger partial charge is 0.239 e. The molecule has 0 aliphatic carbocycles. The first-order valence-corrected chi connectivity index (χ1v) is 13.3. The Morgan fingerprint density at radius 2 is 1.47 bits per heavy atom. The zero-order chi connectivity index (χ0) is 31.2. The van der Waals surface area contributed by atoms with Crippen LogP contribution in [0, 0.1) is 0 Å². The lowest BCUT2D eigenvalue weighted by Gasteiger charge is -2.42. The number of aliphatic hydroxyl groups excluding tert-OH is 6. The molecule has 3 heterocycles. The number of fused-ring (bicyclic) bond motifs is 1. The molecule has 0 spiro atoms. The molecule has 1 aromatic heterocycles. The molecule has 2 aliphatic heterocycles. The van der Waals surface area contributed by atoms with Crippen molar-refractivity contribution in [3.8, 4) is 34.3 Å². The number of phenols is 2. The first-order valence-electron chi connectivity index (χ1n) is 13.3. The SMILES string of the molecule is COc1cc(O)c2c(=O)c(O[C@@H]3OC(CO[C@@H]4OC(C)[C@H](O)[C@H](O)C4O)[C@@H](O)C(O)C3O)c(-c3ccc(O)cc3)oc2c1. The molecule has 234 valence electrons. The Labute approximate surface area is 243 Å². The monoisotopic (exact) mass is 608 g/mol. The fourth-order valence-electron chi connectivity index (χ4n) is 4.89. The third kappa shape index (κ3) is 5.86. The van der Waals surface area contributed by atoms with Crippen LogP contribution in [0.1, 0.15) is 6.92 Å². The second kappa shape index (κ2) is 12.2. The van der Waals surface area contributed by atoms with Crippen molar-refractivity contribution in [3.05, 3.63) is 46.6 Å². The predicted molar refractivity (Wildman–Crippen MR) is 143 cm³/mol. The predicted octanol–water partition coefficient (Wildman–Crippen LogP) is -1.09. The van der Waals surface area contributed by atoms with E-state index in [1.807, 2.05) is 0 Å². The maximum atomic E-state index is 13.7. The number of benzene rings is 2. The summed E-state index contributed by atoms with van der Waals surface area (Å²) in [4.78, 5) is 13.7. The minimum Gasteiger partial charge on any atom is -0.508 e. The normalized spacial score (nSPS) is 32.9. The van der Waals surface area contributed by atoms with Crippen LogP contribution < -0.4 is 14.9 Å². The Morgan fingerprint density at radius 1 is 0.814 bits per heavy atom. The van der Waals surface area contributed by atoms with Crippen LogP contribution in [0.15, 0.2) is 45.6 Å². The van der Waals surface area contributed by atoms with E-state index >= 15 is 0 Å². The number of hydrogen-bond donors (Lipinski definition) is 8. The summed E-state index contributed by atoms with van der Waals surface area (Å²) in [6.07, 6.45) is -15.7. The Balaban J connectivity index is 1.47. The minimum atomic E-state index is -1.90. The molecule has 15 heteroatoms. The maximum Gasteiger partial charge on any atom is 0.239 e. The van der Waals surface area contributed by atoms with Gasteiger partial charge in [-0.25, -0.2) is 0 Å². The molecule has 0 amide bonds. The fraction of sp³-hybridized carbons (Fsp3) is 0.464. The third-order valence-electron chi connectivity index (χ3n) is 7.41. The van der Waals surface area contributed by atoms with Gasteiger partial charge in [-0.3, -0.25) is 4.79 Å². The molecule has 2 aliphatic rings. The first-order chi connectivity index (χ1) is 20.4. The molecular weight excluding hydrogens is 576 g/mol. The Hall–Kier alpha value is -3.51. The molecule has 0 saturated carbocycles. The van der Waals surface area contributed by atoms with Crippen molar-refractivity contribution in [2.75, 3.05) is 13.7 Å². The summed E-state index contributed by atoms with van der Waals surface area (Å²) in [6.45, 7) is 0.889. The lowest BCUT2D eigenvalue weighted by Crippen LogP contribution is -2.61. The number of phenolic OH excluding ortho intramolecular Hbond substituents is 2.